The van der Waals surface area contributed by atoms with Crippen LogP contribution in [0.3, 0.4) is 0 Å². The van der Waals surface area contributed by atoms with Gasteiger partial charge in [0.2, 0.25) is 5.78 Å². The Morgan fingerprint density at radius 1 is 1.14 bits per heavy atom. The van der Waals surface area contributed by atoms with Crippen molar-refractivity contribution in [3.05, 3.63) is 64.8 Å². The van der Waals surface area contributed by atoms with Crippen LogP contribution in [0, 0.1) is 5.82 Å². The summed E-state index contributed by atoms with van der Waals surface area (Å²) in [6.45, 7) is 0.951. The molecule has 1 fully saturated rings. The lowest BCUT2D eigenvalue weighted by Crippen LogP contribution is -2.42. The van der Waals surface area contributed by atoms with E-state index in [4.69, 9.17) is 11.6 Å². The number of carbonyl (C=O) groups excluding carboxylic acids is 2. The fourth-order valence-corrected chi connectivity index (χ4v) is 3.79. The molecule has 0 radical (unpaired) electrons. The van der Waals surface area contributed by atoms with Crippen LogP contribution < -0.4 is 0 Å². The predicted octanol–water partition coefficient (Wildman–Crippen LogP) is 3.04. The lowest BCUT2D eigenvalue weighted by atomic mass is 9.93. The van der Waals surface area contributed by atoms with E-state index in [1.807, 2.05) is 16.6 Å². The molecular weight excluding hydrogens is 383 g/mol. The van der Waals surface area contributed by atoms with E-state index in [9.17, 15) is 14.0 Å². The highest BCUT2D eigenvalue weighted by Gasteiger charge is 2.29. The van der Waals surface area contributed by atoms with Crippen molar-refractivity contribution in [3.63, 3.8) is 0 Å². The largest absolute Gasteiger partial charge is 0.336 e. The predicted molar refractivity (Wildman–Crippen MR) is 102 cm³/mol. The zero-order valence-corrected chi connectivity index (χ0v) is 15.8. The summed E-state index contributed by atoms with van der Waals surface area (Å²) in [7, 11) is 0. The van der Waals surface area contributed by atoms with Crippen molar-refractivity contribution in [1.29, 1.82) is 0 Å². The Balaban J connectivity index is 1.39. The molecule has 3 aromatic rings. The van der Waals surface area contributed by atoms with Crippen LogP contribution in [-0.2, 0) is 16.0 Å². The summed E-state index contributed by atoms with van der Waals surface area (Å²) in [5.41, 5.74) is 2.02. The summed E-state index contributed by atoms with van der Waals surface area (Å²) in [4.78, 5) is 30.6. The number of Topliss-reactive ketones (excluding diaryl/α,β-unsaturated/α-hetero) is 1. The third-order valence-electron chi connectivity index (χ3n) is 5.12. The first-order valence-corrected chi connectivity index (χ1v) is 9.45. The number of benzene rings is 1. The fraction of sp³-hybridized carbons (Fsp3) is 0.300. The molecule has 3 heterocycles. The first-order chi connectivity index (χ1) is 13.5. The number of hydrogen-bond donors (Lipinski definition) is 0. The smallest absolute Gasteiger partial charge is 0.290 e. The molecule has 0 atom stereocenters. The summed E-state index contributed by atoms with van der Waals surface area (Å²) in [6, 6.07) is 7.88. The molecule has 28 heavy (non-hydrogen) atoms. The SMILES string of the molecule is O=C(Cc1ccc(Cl)cc1F)C(=O)N1CCC(c2ccnc3ccnn23)CC1. The number of nitrogens with zero attached hydrogens (tertiary/aromatic N) is 4. The van der Waals surface area contributed by atoms with E-state index in [0.717, 1.165) is 30.2 Å². The van der Waals surface area contributed by atoms with Gasteiger partial charge in [-0.15, -0.1) is 0 Å². The van der Waals surface area contributed by atoms with Crippen LogP contribution in [0.4, 0.5) is 4.39 Å². The summed E-state index contributed by atoms with van der Waals surface area (Å²) >= 11 is 5.72. The number of aromatic nitrogens is 3. The maximum atomic E-state index is 13.9. The lowest BCUT2D eigenvalue weighted by Gasteiger charge is -2.31. The number of amides is 1. The average molecular weight is 401 g/mol. The molecule has 0 aliphatic carbocycles. The molecule has 2 aromatic heterocycles. The first kappa shape index (κ1) is 18.6. The Morgan fingerprint density at radius 2 is 1.93 bits per heavy atom. The second-order valence-corrected chi connectivity index (χ2v) is 7.31. The van der Waals surface area contributed by atoms with Crippen molar-refractivity contribution in [1.82, 2.24) is 19.5 Å². The number of carbonyl (C=O) groups is 2. The maximum Gasteiger partial charge on any atom is 0.290 e. The van der Waals surface area contributed by atoms with Crippen molar-refractivity contribution >= 4 is 28.9 Å². The third-order valence-corrected chi connectivity index (χ3v) is 5.36. The van der Waals surface area contributed by atoms with Crippen LogP contribution in [0.1, 0.15) is 30.0 Å². The van der Waals surface area contributed by atoms with Crippen molar-refractivity contribution in [2.75, 3.05) is 13.1 Å². The molecule has 1 aliphatic rings. The second kappa shape index (κ2) is 7.67. The van der Waals surface area contributed by atoms with Crippen LogP contribution in [0.15, 0.2) is 42.7 Å². The van der Waals surface area contributed by atoms with Gasteiger partial charge in [-0.25, -0.2) is 13.9 Å². The van der Waals surface area contributed by atoms with Gasteiger partial charge in [0.15, 0.2) is 5.65 Å². The zero-order valence-electron chi connectivity index (χ0n) is 15.0. The van der Waals surface area contributed by atoms with Gasteiger partial charge in [0.25, 0.3) is 5.91 Å². The van der Waals surface area contributed by atoms with E-state index >= 15 is 0 Å². The maximum absolute atomic E-state index is 13.9. The van der Waals surface area contributed by atoms with Crippen molar-refractivity contribution in [2.24, 2.45) is 0 Å². The summed E-state index contributed by atoms with van der Waals surface area (Å²) < 4.78 is 15.7. The van der Waals surface area contributed by atoms with E-state index < -0.39 is 17.5 Å². The molecule has 0 unspecified atom stereocenters. The lowest BCUT2D eigenvalue weighted by molar-refractivity contribution is -0.145. The van der Waals surface area contributed by atoms with Crippen LogP contribution in [0.2, 0.25) is 5.02 Å². The molecule has 144 valence electrons. The Morgan fingerprint density at radius 3 is 2.68 bits per heavy atom. The number of likely N-dealkylation sites (tertiary alicyclic amines) is 1. The Bertz CT molecular complexity index is 1040. The number of ketones is 1. The molecule has 8 heteroatoms. The van der Waals surface area contributed by atoms with Gasteiger partial charge in [-0.3, -0.25) is 9.59 Å². The van der Waals surface area contributed by atoms with Gasteiger partial charge in [-0.05, 0) is 36.6 Å². The van der Waals surface area contributed by atoms with E-state index in [1.165, 1.54) is 12.1 Å². The summed E-state index contributed by atoms with van der Waals surface area (Å²) in [5, 5.41) is 4.57. The summed E-state index contributed by atoms with van der Waals surface area (Å²) in [5.74, 6) is -1.52. The molecule has 1 aliphatic heterocycles. The van der Waals surface area contributed by atoms with E-state index in [0.29, 0.717) is 13.1 Å². The van der Waals surface area contributed by atoms with Crippen molar-refractivity contribution in [3.8, 4) is 0 Å². The van der Waals surface area contributed by atoms with Gasteiger partial charge in [-0.2, -0.15) is 5.10 Å². The third kappa shape index (κ3) is 3.62. The van der Waals surface area contributed by atoms with E-state index in [1.54, 1.807) is 17.3 Å². The van der Waals surface area contributed by atoms with Crippen LogP contribution in [-0.4, -0.2) is 44.3 Å². The molecule has 0 saturated carbocycles. The van der Waals surface area contributed by atoms with Crippen molar-refractivity contribution in [2.45, 2.75) is 25.2 Å². The van der Waals surface area contributed by atoms with Crippen molar-refractivity contribution < 1.29 is 14.0 Å². The number of fused-ring (bicyclic) bond motifs is 1. The van der Waals surface area contributed by atoms with Gasteiger partial charge in [0.1, 0.15) is 5.82 Å². The van der Waals surface area contributed by atoms with Crippen LogP contribution in [0.5, 0.6) is 0 Å². The first-order valence-electron chi connectivity index (χ1n) is 9.07. The summed E-state index contributed by atoms with van der Waals surface area (Å²) in [6.07, 6.45) is 4.66. The van der Waals surface area contributed by atoms with Crippen LogP contribution >= 0.6 is 11.6 Å². The quantitative estimate of drug-likeness (QED) is 0.631. The van der Waals surface area contributed by atoms with Gasteiger partial charge >= 0.3 is 0 Å². The fourth-order valence-electron chi connectivity index (χ4n) is 3.63. The van der Waals surface area contributed by atoms with E-state index in [-0.39, 0.29) is 22.9 Å². The minimum absolute atomic E-state index is 0.176. The molecule has 1 amide bonds. The zero-order chi connectivity index (χ0) is 19.7. The molecule has 4 rings (SSSR count). The molecular formula is C20H18ClFN4O2. The highest BCUT2D eigenvalue weighted by molar-refractivity contribution is 6.36. The van der Waals surface area contributed by atoms with Gasteiger partial charge < -0.3 is 4.90 Å². The standard InChI is InChI=1S/C20H18ClFN4O2/c21-15-2-1-14(16(22)12-15)11-18(27)20(28)25-9-5-13(6-10-25)17-3-7-23-19-4-8-24-26(17)19/h1-4,7-8,12-13H,5-6,9-11H2. The molecule has 0 N–H and O–H groups in total. The second-order valence-electron chi connectivity index (χ2n) is 6.87. The Hall–Kier alpha value is -2.80. The minimum Gasteiger partial charge on any atom is -0.336 e. The molecule has 6 nitrogen and oxygen atoms in total. The minimum atomic E-state index is -0.613. The van der Waals surface area contributed by atoms with Gasteiger partial charge in [-0.1, -0.05) is 17.7 Å². The monoisotopic (exact) mass is 400 g/mol. The average Bonchev–Trinajstić information content (AvgIpc) is 3.18. The highest BCUT2D eigenvalue weighted by atomic mass is 35.5. The number of halogens is 2. The van der Waals surface area contributed by atoms with Gasteiger partial charge in [0, 0.05) is 48.4 Å². The number of piperidine rings is 1. The van der Waals surface area contributed by atoms with E-state index in [2.05, 4.69) is 10.1 Å². The van der Waals surface area contributed by atoms with Gasteiger partial charge in [0.05, 0.1) is 6.20 Å². The molecule has 1 aromatic carbocycles. The Labute approximate surface area is 165 Å². The Kier molecular flexibility index (Phi) is 5.09. The molecule has 1 saturated heterocycles. The van der Waals surface area contributed by atoms with Crippen LogP contribution in [0.25, 0.3) is 5.65 Å². The highest BCUT2D eigenvalue weighted by Crippen LogP contribution is 2.28. The normalized spacial score (nSPS) is 15.1. The topological polar surface area (TPSA) is 67.6 Å². The number of hydrogen-bond acceptors (Lipinski definition) is 4. The molecule has 0 spiro atoms. The number of rotatable bonds is 4. The molecule has 0 bridgehead atoms.